The highest BCUT2D eigenvalue weighted by atomic mass is 35.5. The highest BCUT2D eigenvalue weighted by Crippen LogP contribution is 2.42. The lowest BCUT2D eigenvalue weighted by Crippen LogP contribution is -2.55. The second-order valence-corrected chi connectivity index (χ2v) is 9.45. The van der Waals surface area contributed by atoms with E-state index in [0.29, 0.717) is 58.2 Å². The standard InChI is InChI=1S/C23H22Cl2N4O3/c1-23(2)12-31-6-5-28(23)22(30)20-18-11-32-19-10-15(26)3-4-17(19)21(18)29(27-20)16-8-13(24)7-14(25)9-16/h3-4,7-10H,5-6,11-12,26H2,1-2H3. The molecule has 0 spiro atoms. The molecule has 1 fully saturated rings. The number of halogens is 2. The fourth-order valence-electron chi connectivity index (χ4n) is 4.25. The Kier molecular flexibility index (Phi) is 5.08. The lowest BCUT2D eigenvalue weighted by molar-refractivity contribution is -0.0374. The molecule has 1 aromatic heterocycles. The molecule has 1 saturated heterocycles. The number of nitrogen functional groups attached to an aromatic ring is 1. The molecule has 3 aromatic rings. The number of aromatic nitrogens is 2. The molecule has 0 unspecified atom stereocenters. The van der Waals surface area contributed by atoms with Crippen LogP contribution in [0, 0.1) is 0 Å². The maximum atomic E-state index is 13.7. The molecule has 2 aliphatic rings. The van der Waals surface area contributed by atoms with E-state index in [1.807, 2.05) is 24.8 Å². The van der Waals surface area contributed by atoms with Crippen LogP contribution >= 0.6 is 23.2 Å². The van der Waals surface area contributed by atoms with Gasteiger partial charge in [0, 0.05) is 39.5 Å². The Balaban J connectivity index is 1.72. The minimum Gasteiger partial charge on any atom is -0.488 e. The summed E-state index contributed by atoms with van der Waals surface area (Å²) in [5.41, 5.74) is 9.37. The average Bonchev–Trinajstić information content (AvgIpc) is 3.12. The van der Waals surface area contributed by atoms with Gasteiger partial charge in [-0.05, 0) is 44.2 Å². The van der Waals surface area contributed by atoms with E-state index in [9.17, 15) is 4.79 Å². The molecule has 3 heterocycles. The number of nitrogens with two attached hydrogens (primary N) is 1. The zero-order chi connectivity index (χ0) is 22.6. The van der Waals surface area contributed by atoms with Crippen LogP contribution in [0.2, 0.25) is 10.0 Å². The normalized spacial score (nSPS) is 16.8. The highest BCUT2D eigenvalue weighted by molar-refractivity contribution is 6.34. The molecular formula is C23H22Cl2N4O3. The molecule has 0 bridgehead atoms. The summed E-state index contributed by atoms with van der Waals surface area (Å²) in [7, 11) is 0. The van der Waals surface area contributed by atoms with E-state index in [-0.39, 0.29) is 12.5 Å². The predicted octanol–water partition coefficient (Wildman–Crippen LogP) is 4.57. The van der Waals surface area contributed by atoms with Gasteiger partial charge in [-0.25, -0.2) is 4.68 Å². The third kappa shape index (κ3) is 3.50. The highest BCUT2D eigenvalue weighted by Gasteiger charge is 2.39. The van der Waals surface area contributed by atoms with Crippen molar-refractivity contribution >= 4 is 34.8 Å². The SMILES string of the molecule is CC1(C)COCCN1C(=O)c1nn(-c2cc(Cl)cc(Cl)c2)c2c1COc1cc(N)ccc1-2. The van der Waals surface area contributed by atoms with Gasteiger partial charge < -0.3 is 20.1 Å². The topological polar surface area (TPSA) is 82.6 Å². The Labute approximate surface area is 195 Å². The molecule has 2 aliphatic heterocycles. The summed E-state index contributed by atoms with van der Waals surface area (Å²) < 4.78 is 13.3. The molecule has 0 atom stereocenters. The lowest BCUT2D eigenvalue weighted by atomic mass is 9.99. The molecule has 166 valence electrons. The van der Waals surface area contributed by atoms with Gasteiger partial charge in [-0.15, -0.1) is 0 Å². The first kappa shape index (κ1) is 21.1. The maximum absolute atomic E-state index is 13.7. The predicted molar refractivity (Wildman–Crippen MR) is 124 cm³/mol. The van der Waals surface area contributed by atoms with Gasteiger partial charge in [0.2, 0.25) is 0 Å². The first-order valence-electron chi connectivity index (χ1n) is 10.3. The quantitative estimate of drug-likeness (QED) is 0.552. The van der Waals surface area contributed by atoms with E-state index < -0.39 is 5.54 Å². The van der Waals surface area contributed by atoms with Gasteiger partial charge in [-0.3, -0.25) is 4.79 Å². The molecule has 2 aromatic carbocycles. The van der Waals surface area contributed by atoms with Gasteiger partial charge in [0.25, 0.3) is 5.91 Å². The van der Waals surface area contributed by atoms with Gasteiger partial charge in [0.1, 0.15) is 12.4 Å². The number of hydrogen-bond acceptors (Lipinski definition) is 5. The van der Waals surface area contributed by atoms with Gasteiger partial charge in [-0.1, -0.05) is 23.2 Å². The van der Waals surface area contributed by atoms with Crippen molar-refractivity contribution in [3.05, 3.63) is 57.7 Å². The Hall–Kier alpha value is -2.74. The van der Waals surface area contributed by atoms with Crippen LogP contribution in [0.5, 0.6) is 5.75 Å². The summed E-state index contributed by atoms with van der Waals surface area (Å²) in [5, 5.41) is 5.71. The number of rotatable bonds is 2. The summed E-state index contributed by atoms with van der Waals surface area (Å²) in [6.45, 7) is 5.61. The molecule has 0 radical (unpaired) electrons. The number of morpholine rings is 1. The molecule has 5 rings (SSSR count). The van der Waals surface area contributed by atoms with Crippen LogP contribution < -0.4 is 10.5 Å². The van der Waals surface area contributed by atoms with E-state index >= 15 is 0 Å². The van der Waals surface area contributed by atoms with Crippen molar-refractivity contribution in [3.8, 4) is 22.7 Å². The second-order valence-electron chi connectivity index (χ2n) is 8.58. The van der Waals surface area contributed by atoms with Crippen LogP contribution in [-0.4, -0.2) is 45.9 Å². The molecule has 0 saturated carbocycles. The van der Waals surface area contributed by atoms with Crippen LogP contribution in [0.1, 0.15) is 29.9 Å². The van der Waals surface area contributed by atoms with Crippen molar-refractivity contribution in [1.82, 2.24) is 14.7 Å². The Morgan fingerprint density at radius 2 is 1.91 bits per heavy atom. The molecule has 9 heteroatoms. The third-order valence-electron chi connectivity index (χ3n) is 5.80. The zero-order valence-electron chi connectivity index (χ0n) is 17.7. The fraction of sp³-hybridized carbons (Fsp3) is 0.304. The third-order valence-corrected chi connectivity index (χ3v) is 6.24. The lowest BCUT2D eigenvalue weighted by Gasteiger charge is -2.41. The van der Waals surface area contributed by atoms with Gasteiger partial charge in [0.05, 0.1) is 30.1 Å². The maximum Gasteiger partial charge on any atom is 0.275 e. The first-order chi connectivity index (χ1) is 15.2. The average molecular weight is 473 g/mol. The number of ether oxygens (including phenoxy) is 2. The molecule has 7 nitrogen and oxygen atoms in total. The summed E-state index contributed by atoms with van der Waals surface area (Å²) in [4.78, 5) is 15.5. The molecule has 2 N–H and O–H groups in total. The van der Waals surface area contributed by atoms with E-state index in [0.717, 1.165) is 11.3 Å². The van der Waals surface area contributed by atoms with Crippen molar-refractivity contribution in [2.75, 3.05) is 25.5 Å². The largest absolute Gasteiger partial charge is 0.488 e. The monoisotopic (exact) mass is 472 g/mol. The number of amides is 1. The fourth-order valence-corrected chi connectivity index (χ4v) is 4.77. The number of carbonyl (C=O) groups excluding carboxylic acids is 1. The minimum absolute atomic E-state index is 0.163. The van der Waals surface area contributed by atoms with Gasteiger partial charge in [-0.2, -0.15) is 5.10 Å². The number of benzene rings is 2. The Morgan fingerprint density at radius 3 is 2.62 bits per heavy atom. The van der Waals surface area contributed by atoms with Gasteiger partial charge in [0.15, 0.2) is 5.69 Å². The van der Waals surface area contributed by atoms with Crippen LogP contribution in [0.15, 0.2) is 36.4 Å². The number of fused-ring (bicyclic) bond motifs is 3. The summed E-state index contributed by atoms with van der Waals surface area (Å²) >= 11 is 12.6. The molecule has 32 heavy (non-hydrogen) atoms. The van der Waals surface area contributed by atoms with Crippen molar-refractivity contribution in [2.24, 2.45) is 0 Å². The number of nitrogens with zero attached hydrogens (tertiary/aromatic N) is 3. The zero-order valence-corrected chi connectivity index (χ0v) is 19.2. The second kappa shape index (κ2) is 7.69. The number of carbonyl (C=O) groups is 1. The summed E-state index contributed by atoms with van der Waals surface area (Å²) in [6, 6.07) is 10.6. The van der Waals surface area contributed by atoms with Crippen LogP contribution in [0.25, 0.3) is 16.9 Å². The van der Waals surface area contributed by atoms with Crippen molar-refractivity contribution in [1.29, 1.82) is 0 Å². The van der Waals surface area contributed by atoms with Crippen molar-refractivity contribution in [2.45, 2.75) is 26.0 Å². The van der Waals surface area contributed by atoms with E-state index in [1.165, 1.54) is 0 Å². The van der Waals surface area contributed by atoms with E-state index in [1.54, 1.807) is 35.0 Å². The summed E-state index contributed by atoms with van der Waals surface area (Å²) in [5.74, 6) is 0.474. The molecule has 0 aliphatic carbocycles. The smallest absolute Gasteiger partial charge is 0.275 e. The first-order valence-corrected chi connectivity index (χ1v) is 11.0. The molecular weight excluding hydrogens is 451 g/mol. The van der Waals surface area contributed by atoms with Gasteiger partial charge >= 0.3 is 0 Å². The van der Waals surface area contributed by atoms with Crippen molar-refractivity contribution < 1.29 is 14.3 Å². The Bertz CT molecular complexity index is 1220. The Morgan fingerprint density at radius 1 is 1.16 bits per heavy atom. The van der Waals surface area contributed by atoms with E-state index in [4.69, 9.17) is 43.5 Å². The van der Waals surface area contributed by atoms with Crippen LogP contribution in [-0.2, 0) is 11.3 Å². The number of anilines is 1. The van der Waals surface area contributed by atoms with E-state index in [2.05, 4.69) is 0 Å². The van der Waals surface area contributed by atoms with Crippen LogP contribution in [0.4, 0.5) is 5.69 Å². The minimum atomic E-state index is -0.451. The van der Waals surface area contributed by atoms with Crippen molar-refractivity contribution in [3.63, 3.8) is 0 Å². The number of hydrogen-bond donors (Lipinski definition) is 1. The molecule has 1 amide bonds. The summed E-state index contributed by atoms with van der Waals surface area (Å²) in [6.07, 6.45) is 0. The van der Waals surface area contributed by atoms with Crippen LogP contribution in [0.3, 0.4) is 0 Å².